The van der Waals surface area contributed by atoms with E-state index in [0.29, 0.717) is 18.4 Å². The molecule has 0 heterocycles. The molecule has 0 unspecified atom stereocenters. The molecule has 0 spiro atoms. The molecule has 11 heteroatoms. The van der Waals surface area contributed by atoms with Crippen LogP contribution in [0, 0.1) is 0 Å². The smallest absolute Gasteiger partial charge is 0.462 e. The summed E-state index contributed by atoms with van der Waals surface area (Å²) >= 11 is 0. The Bertz CT molecular complexity index is 810. The van der Waals surface area contributed by atoms with Gasteiger partial charge in [-0.05, 0) is 43.9 Å². The van der Waals surface area contributed by atoms with Gasteiger partial charge in [0.2, 0.25) is 0 Å². The van der Waals surface area contributed by atoms with Crippen molar-refractivity contribution >= 4 is 24.2 Å². The summed E-state index contributed by atoms with van der Waals surface area (Å²) in [5, 5.41) is 0. The Hall–Kier alpha value is -3.34. The lowest BCUT2D eigenvalue weighted by molar-refractivity contribution is -0.157. The fourth-order valence-electron chi connectivity index (χ4n) is 2.34. The van der Waals surface area contributed by atoms with E-state index in [1.54, 1.807) is 13.0 Å². The van der Waals surface area contributed by atoms with Crippen molar-refractivity contribution in [3.05, 3.63) is 23.8 Å². The van der Waals surface area contributed by atoms with Gasteiger partial charge in [0.1, 0.15) is 18.8 Å². The molecule has 0 saturated carbocycles. The third-order valence-electron chi connectivity index (χ3n) is 3.84. The predicted octanol–water partition coefficient (Wildman–Crippen LogP) is 2.90. The summed E-state index contributed by atoms with van der Waals surface area (Å²) in [6, 6.07) is 3.27. The zero-order valence-electron chi connectivity index (χ0n) is 19.3. The van der Waals surface area contributed by atoms with Gasteiger partial charge in [-0.1, -0.05) is 19.9 Å². The van der Waals surface area contributed by atoms with Crippen molar-refractivity contribution in [1.82, 2.24) is 0 Å². The first-order chi connectivity index (χ1) is 15.7. The molecule has 0 amide bonds. The Morgan fingerprint density at radius 3 is 2.03 bits per heavy atom. The highest BCUT2D eigenvalue weighted by atomic mass is 16.7. The minimum atomic E-state index is -1.05. The molecule has 0 bridgehead atoms. The molecular formula is C22H31NO10. The van der Waals surface area contributed by atoms with E-state index in [1.165, 1.54) is 19.1 Å². The van der Waals surface area contributed by atoms with E-state index in [2.05, 4.69) is 0 Å². The van der Waals surface area contributed by atoms with Gasteiger partial charge in [0.25, 0.3) is 0 Å². The number of benzene rings is 1. The van der Waals surface area contributed by atoms with Gasteiger partial charge in [-0.3, -0.25) is 9.59 Å². The normalized spacial score (nSPS) is 12.2. The molecule has 0 saturated heterocycles. The number of hydrogen-bond donors (Lipinski definition) is 1. The molecule has 0 aliphatic carbocycles. The predicted molar refractivity (Wildman–Crippen MR) is 115 cm³/mol. The molecule has 2 atom stereocenters. The van der Waals surface area contributed by atoms with Crippen LogP contribution in [0.15, 0.2) is 18.2 Å². The van der Waals surface area contributed by atoms with Crippen LogP contribution in [0.2, 0.25) is 0 Å². The third kappa shape index (κ3) is 11.2. The number of ether oxygens (including phenoxy) is 6. The van der Waals surface area contributed by atoms with Gasteiger partial charge in [0.05, 0.1) is 13.2 Å². The molecule has 0 aliphatic rings. The van der Waals surface area contributed by atoms with Crippen LogP contribution in [-0.2, 0) is 35.0 Å². The van der Waals surface area contributed by atoms with E-state index in [-0.39, 0.29) is 37.7 Å². The fraction of sp³-hybridized carbons (Fsp3) is 0.545. The van der Waals surface area contributed by atoms with E-state index in [1.807, 2.05) is 13.8 Å². The van der Waals surface area contributed by atoms with Gasteiger partial charge in [0, 0.05) is 6.92 Å². The lowest BCUT2D eigenvalue weighted by atomic mass is 10.1. The summed E-state index contributed by atoms with van der Waals surface area (Å²) in [5.41, 5.74) is 6.42. The molecule has 1 aromatic carbocycles. The van der Waals surface area contributed by atoms with E-state index >= 15 is 0 Å². The summed E-state index contributed by atoms with van der Waals surface area (Å²) in [5.74, 6) is -1.37. The second-order valence-corrected chi connectivity index (χ2v) is 7.04. The third-order valence-corrected chi connectivity index (χ3v) is 3.84. The first kappa shape index (κ1) is 27.7. The molecule has 0 radical (unpaired) electrons. The summed E-state index contributed by atoms with van der Waals surface area (Å²) in [7, 11) is 0. The van der Waals surface area contributed by atoms with Crippen LogP contribution in [0.1, 0.15) is 46.1 Å². The molecule has 1 aromatic rings. The number of carbonyl (C=O) groups excluding carboxylic acids is 4. The first-order valence-electron chi connectivity index (χ1n) is 10.6. The maximum absolute atomic E-state index is 12.2. The second-order valence-electron chi connectivity index (χ2n) is 7.04. The number of carbonyl (C=O) groups is 4. The molecule has 0 aromatic heterocycles. The molecule has 0 aliphatic heterocycles. The lowest BCUT2D eigenvalue weighted by Gasteiger charge is -2.17. The van der Waals surface area contributed by atoms with Crippen LogP contribution in [0.4, 0.5) is 9.59 Å². The molecule has 2 N–H and O–H groups in total. The Morgan fingerprint density at radius 2 is 1.48 bits per heavy atom. The van der Waals surface area contributed by atoms with Gasteiger partial charge in [-0.2, -0.15) is 0 Å². The monoisotopic (exact) mass is 469 g/mol. The van der Waals surface area contributed by atoms with E-state index in [9.17, 15) is 19.2 Å². The summed E-state index contributed by atoms with van der Waals surface area (Å²) in [6.45, 7) is 6.67. The van der Waals surface area contributed by atoms with Gasteiger partial charge < -0.3 is 34.2 Å². The van der Waals surface area contributed by atoms with Crippen LogP contribution in [-0.4, -0.2) is 56.2 Å². The van der Waals surface area contributed by atoms with Crippen LogP contribution >= 0.6 is 0 Å². The van der Waals surface area contributed by atoms with Gasteiger partial charge >= 0.3 is 24.2 Å². The van der Waals surface area contributed by atoms with Crippen molar-refractivity contribution in [2.45, 2.75) is 59.1 Å². The van der Waals surface area contributed by atoms with Crippen LogP contribution in [0.3, 0.4) is 0 Å². The molecular weight excluding hydrogens is 438 g/mol. The minimum absolute atomic E-state index is 0.0278. The average molecular weight is 469 g/mol. The van der Waals surface area contributed by atoms with Gasteiger partial charge in [-0.15, -0.1) is 0 Å². The average Bonchev–Trinajstić information content (AvgIpc) is 2.76. The highest BCUT2D eigenvalue weighted by molar-refractivity contribution is 5.76. The van der Waals surface area contributed by atoms with Crippen LogP contribution in [0.5, 0.6) is 11.5 Å². The van der Waals surface area contributed by atoms with Gasteiger partial charge in [-0.25, -0.2) is 9.59 Å². The van der Waals surface area contributed by atoms with Crippen LogP contribution in [0.25, 0.3) is 0 Å². The maximum Gasteiger partial charge on any atom is 0.513 e. The molecule has 1 rings (SSSR count). The molecule has 184 valence electrons. The quantitative estimate of drug-likeness (QED) is 0.273. The van der Waals surface area contributed by atoms with E-state index < -0.39 is 36.4 Å². The van der Waals surface area contributed by atoms with Crippen molar-refractivity contribution in [3.63, 3.8) is 0 Å². The molecule has 11 nitrogen and oxygen atoms in total. The Morgan fingerprint density at radius 1 is 0.909 bits per heavy atom. The Labute approximate surface area is 192 Å². The van der Waals surface area contributed by atoms with E-state index in [0.717, 1.165) is 0 Å². The summed E-state index contributed by atoms with van der Waals surface area (Å²) < 4.78 is 30.0. The highest BCUT2D eigenvalue weighted by Crippen LogP contribution is 2.30. The summed E-state index contributed by atoms with van der Waals surface area (Å²) in [4.78, 5) is 46.8. The maximum atomic E-state index is 12.2. The highest BCUT2D eigenvalue weighted by Gasteiger charge is 2.21. The van der Waals surface area contributed by atoms with Crippen molar-refractivity contribution in [2.75, 3.05) is 19.8 Å². The van der Waals surface area contributed by atoms with Crippen molar-refractivity contribution in [3.8, 4) is 11.5 Å². The Kier molecular flexibility index (Phi) is 12.3. The van der Waals surface area contributed by atoms with E-state index in [4.69, 9.17) is 34.2 Å². The first-order valence-corrected chi connectivity index (χ1v) is 10.6. The second kappa shape index (κ2) is 14.7. The zero-order valence-corrected chi connectivity index (χ0v) is 19.3. The lowest BCUT2D eigenvalue weighted by Crippen LogP contribution is -2.37. The topological polar surface area (TPSA) is 150 Å². The standard InChI is InChI=1S/C22H31NO10/c1-5-9-28-21(26)32-18-8-7-16(12-19(18)33-22(27)29-10-6-2)11-17(23)20(25)31-14(3)13-30-15(4)24/h7-8,12,14,17H,5-6,9-11,13,23H2,1-4H3/t14-,17+/m1/s1. The van der Waals surface area contributed by atoms with Crippen molar-refractivity contribution in [2.24, 2.45) is 5.73 Å². The largest absolute Gasteiger partial charge is 0.513 e. The number of nitrogens with two attached hydrogens (primary N) is 1. The fourth-order valence-corrected chi connectivity index (χ4v) is 2.34. The van der Waals surface area contributed by atoms with Gasteiger partial charge in [0.15, 0.2) is 11.5 Å². The minimum Gasteiger partial charge on any atom is -0.462 e. The number of esters is 2. The van der Waals surface area contributed by atoms with Crippen molar-refractivity contribution in [1.29, 1.82) is 0 Å². The Balaban J connectivity index is 2.89. The number of hydrogen-bond acceptors (Lipinski definition) is 11. The molecule has 33 heavy (non-hydrogen) atoms. The molecule has 0 fully saturated rings. The zero-order chi connectivity index (χ0) is 24.8. The number of rotatable bonds is 12. The van der Waals surface area contributed by atoms with Crippen LogP contribution < -0.4 is 15.2 Å². The summed E-state index contributed by atoms with van der Waals surface area (Å²) in [6.07, 6.45) is -1.39. The SMILES string of the molecule is CCCOC(=O)Oc1ccc(C[C@H](N)C(=O)O[C@H](C)COC(C)=O)cc1OC(=O)OCCC. The van der Waals surface area contributed by atoms with Crippen molar-refractivity contribution < 1.29 is 47.6 Å².